The van der Waals surface area contributed by atoms with Crippen LogP contribution in [-0.4, -0.2) is 26.6 Å². The summed E-state index contributed by atoms with van der Waals surface area (Å²) < 4.78 is 34.5. The molecule has 0 radical (unpaired) electrons. The first-order valence-corrected chi connectivity index (χ1v) is 15.0. The van der Waals surface area contributed by atoms with E-state index in [-0.39, 0.29) is 11.3 Å². The zero-order valence-electron chi connectivity index (χ0n) is 23.1. The molecule has 0 heterocycles. The summed E-state index contributed by atoms with van der Waals surface area (Å²) in [6.07, 6.45) is 1.66. The smallest absolute Gasteiger partial charge is 0.258 e. The topological polar surface area (TPSA) is 96.9 Å². The number of hydrazone groups is 1. The lowest BCUT2D eigenvalue weighted by atomic mass is 10.1. The lowest BCUT2D eigenvalue weighted by molar-refractivity contribution is -0.122. The summed E-state index contributed by atoms with van der Waals surface area (Å²) in [5.74, 6) is 0.138. The minimum Gasteiger partial charge on any atom is -0.489 e. The molecule has 0 aliphatic heterocycles. The van der Waals surface area contributed by atoms with Crippen LogP contribution in [0.25, 0.3) is 10.8 Å². The number of carbonyl (C=O) groups excluding carboxylic acids is 1. The third-order valence-corrected chi connectivity index (χ3v) is 8.20. The summed E-state index contributed by atoms with van der Waals surface area (Å²) in [4.78, 5) is 13.2. The van der Waals surface area contributed by atoms with E-state index in [1.165, 1.54) is 29.1 Å². The Morgan fingerprint density at radius 1 is 0.810 bits per heavy atom. The molecule has 7 nitrogen and oxygen atoms in total. The molecule has 212 valence electrons. The molecule has 8 heteroatoms. The Labute approximate surface area is 245 Å². The quantitative estimate of drug-likeness (QED) is 0.154. The number of benzene rings is 5. The van der Waals surface area contributed by atoms with Gasteiger partial charge in [0.05, 0.1) is 11.1 Å². The number of aryl methyl sites for hydroxylation is 1. The van der Waals surface area contributed by atoms with Gasteiger partial charge < -0.3 is 4.74 Å². The highest BCUT2D eigenvalue weighted by atomic mass is 32.2. The Balaban J connectivity index is 1.20. The number of rotatable bonds is 11. The average Bonchev–Trinajstić information content (AvgIpc) is 3.01. The molecule has 1 atom stereocenters. The van der Waals surface area contributed by atoms with Gasteiger partial charge in [0.2, 0.25) is 10.0 Å². The van der Waals surface area contributed by atoms with E-state index in [1.807, 2.05) is 73.7 Å². The lowest BCUT2D eigenvalue weighted by Crippen LogP contribution is -2.46. The minimum atomic E-state index is -3.94. The summed E-state index contributed by atoms with van der Waals surface area (Å²) in [5.41, 5.74) is 6.05. The van der Waals surface area contributed by atoms with E-state index in [1.54, 1.807) is 12.1 Å². The Morgan fingerprint density at radius 2 is 1.50 bits per heavy atom. The second-order valence-electron chi connectivity index (χ2n) is 9.95. The van der Waals surface area contributed by atoms with Crippen LogP contribution >= 0.6 is 0 Å². The number of sulfonamides is 1. The van der Waals surface area contributed by atoms with Gasteiger partial charge in [-0.15, -0.1) is 0 Å². The van der Waals surface area contributed by atoms with Gasteiger partial charge in [-0.25, -0.2) is 13.8 Å². The summed E-state index contributed by atoms with van der Waals surface area (Å²) in [6, 6.07) is 36.4. The maximum atomic E-state index is 13.1. The van der Waals surface area contributed by atoms with E-state index >= 15 is 0 Å². The van der Waals surface area contributed by atoms with Crippen molar-refractivity contribution in [2.24, 2.45) is 5.10 Å². The SMILES string of the molecule is Cc1ccc(S(=O)(=O)NC(Cc2ccccc2)C(=O)NN=Cc2ccc(OCc3ccc4ccccc4c3)cc2)cc1. The third kappa shape index (κ3) is 7.69. The van der Waals surface area contributed by atoms with Crippen LogP contribution in [0.2, 0.25) is 0 Å². The zero-order chi connectivity index (χ0) is 29.4. The van der Waals surface area contributed by atoms with E-state index < -0.39 is 22.0 Å². The van der Waals surface area contributed by atoms with Crippen LogP contribution in [-0.2, 0) is 27.8 Å². The first-order valence-electron chi connectivity index (χ1n) is 13.5. The number of nitrogens with zero attached hydrogens (tertiary/aromatic N) is 1. The van der Waals surface area contributed by atoms with Crippen LogP contribution in [0.1, 0.15) is 22.3 Å². The fourth-order valence-electron chi connectivity index (χ4n) is 4.40. The maximum Gasteiger partial charge on any atom is 0.258 e. The lowest BCUT2D eigenvalue weighted by Gasteiger charge is -2.17. The second-order valence-corrected chi connectivity index (χ2v) is 11.7. The van der Waals surface area contributed by atoms with Gasteiger partial charge in [-0.2, -0.15) is 9.82 Å². The zero-order valence-corrected chi connectivity index (χ0v) is 23.9. The van der Waals surface area contributed by atoms with Gasteiger partial charge in [0.15, 0.2) is 0 Å². The normalized spacial score (nSPS) is 12.3. The number of amides is 1. The van der Waals surface area contributed by atoms with Crippen LogP contribution < -0.4 is 14.9 Å². The molecule has 42 heavy (non-hydrogen) atoms. The van der Waals surface area contributed by atoms with Gasteiger partial charge in [-0.3, -0.25) is 4.79 Å². The minimum absolute atomic E-state index is 0.0883. The Kier molecular flexibility index (Phi) is 9.06. The molecule has 5 rings (SSSR count). The number of carbonyl (C=O) groups is 1. The van der Waals surface area contributed by atoms with Crippen LogP contribution in [0.15, 0.2) is 131 Å². The summed E-state index contributed by atoms with van der Waals surface area (Å²) in [7, 11) is -3.94. The highest BCUT2D eigenvalue weighted by molar-refractivity contribution is 7.89. The molecule has 1 amide bonds. The number of ether oxygens (including phenoxy) is 1. The van der Waals surface area contributed by atoms with Crippen molar-refractivity contribution in [2.75, 3.05) is 0 Å². The fraction of sp³-hybridized carbons (Fsp3) is 0.118. The highest BCUT2D eigenvalue weighted by Crippen LogP contribution is 2.18. The van der Waals surface area contributed by atoms with Gasteiger partial charge >= 0.3 is 0 Å². The molecule has 0 aromatic heterocycles. The number of fused-ring (bicyclic) bond motifs is 1. The van der Waals surface area contributed by atoms with Crippen molar-refractivity contribution >= 4 is 32.9 Å². The molecule has 0 spiro atoms. The average molecular weight is 578 g/mol. The van der Waals surface area contributed by atoms with Crippen molar-refractivity contribution < 1.29 is 17.9 Å². The van der Waals surface area contributed by atoms with Gasteiger partial charge in [-0.1, -0.05) is 84.4 Å². The third-order valence-electron chi connectivity index (χ3n) is 6.72. The molecule has 1 unspecified atom stereocenters. The first kappa shape index (κ1) is 28.7. The summed E-state index contributed by atoms with van der Waals surface area (Å²) in [5, 5.41) is 6.43. The Morgan fingerprint density at radius 3 is 2.24 bits per heavy atom. The van der Waals surface area contributed by atoms with Crippen LogP contribution in [0.5, 0.6) is 5.75 Å². The van der Waals surface area contributed by atoms with E-state index in [9.17, 15) is 13.2 Å². The van der Waals surface area contributed by atoms with Gasteiger partial charge in [-0.05, 0) is 83.3 Å². The van der Waals surface area contributed by atoms with E-state index in [0.717, 1.165) is 22.3 Å². The van der Waals surface area contributed by atoms with Gasteiger partial charge in [0.1, 0.15) is 18.4 Å². The van der Waals surface area contributed by atoms with Gasteiger partial charge in [0, 0.05) is 0 Å². The van der Waals surface area contributed by atoms with Crippen molar-refractivity contribution in [3.05, 3.63) is 144 Å². The predicted molar refractivity (Wildman–Crippen MR) is 166 cm³/mol. The van der Waals surface area contributed by atoms with Crippen molar-refractivity contribution in [2.45, 2.75) is 30.9 Å². The number of hydrogen-bond acceptors (Lipinski definition) is 5. The predicted octanol–water partition coefficient (Wildman–Crippen LogP) is 5.77. The van der Waals surface area contributed by atoms with Crippen LogP contribution in [0, 0.1) is 6.92 Å². The monoisotopic (exact) mass is 577 g/mol. The van der Waals surface area contributed by atoms with Crippen LogP contribution in [0.4, 0.5) is 0 Å². The molecule has 0 aliphatic rings. The van der Waals surface area contributed by atoms with Gasteiger partial charge in [0.25, 0.3) is 5.91 Å². The molecule has 0 saturated carbocycles. The van der Waals surface area contributed by atoms with E-state index in [2.05, 4.69) is 45.6 Å². The molecule has 0 aliphatic carbocycles. The molecule has 0 bridgehead atoms. The van der Waals surface area contributed by atoms with E-state index in [0.29, 0.717) is 12.4 Å². The first-order chi connectivity index (χ1) is 20.4. The second kappa shape index (κ2) is 13.2. The standard InChI is InChI=1S/C34H31N3O4S/c1-25-11-19-32(20-12-25)42(39,40)37-33(22-26-7-3-2-4-8-26)34(38)36-35-23-27-14-17-31(18-15-27)41-24-28-13-16-29-9-5-6-10-30(29)21-28/h2-21,23,33,37H,22,24H2,1H3,(H,36,38). The van der Waals surface area contributed by atoms with Crippen molar-refractivity contribution in [1.82, 2.24) is 10.1 Å². The number of nitrogens with one attached hydrogen (secondary N) is 2. The highest BCUT2D eigenvalue weighted by Gasteiger charge is 2.26. The molecule has 5 aromatic carbocycles. The van der Waals surface area contributed by atoms with Crippen molar-refractivity contribution in [3.8, 4) is 5.75 Å². The van der Waals surface area contributed by atoms with Crippen LogP contribution in [0.3, 0.4) is 0 Å². The fourth-order valence-corrected chi connectivity index (χ4v) is 5.60. The molecule has 2 N–H and O–H groups in total. The summed E-state index contributed by atoms with van der Waals surface area (Å²) in [6.45, 7) is 2.32. The maximum absolute atomic E-state index is 13.1. The van der Waals surface area contributed by atoms with Crippen molar-refractivity contribution in [1.29, 1.82) is 0 Å². The molecular formula is C34H31N3O4S. The van der Waals surface area contributed by atoms with E-state index in [4.69, 9.17) is 4.74 Å². The molecule has 0 fully saturated rings. The molecular weight excluding hydrogens is 546 g/mol. The molecule has 0 saturated heterocycles. The largest absolute Gasteiger partial charge is 0.489 e. The molecule has 5 aromatic rings. The summed E-state index contributed by atoms with van der Waals surface area (Å²) >= 11 is 0. The van der Waals surface area contributed by atoms with Crippen molar-refractivity contribution in [3.63, 3.8) is 0 Å². The Hall–Kier alpha value is -4.79. The number of hydrogen-bond donors (Lipinski definition) is 2. The Bertz CT molecular complexity index is 1790.